The van der Waals surface area contributed by atoms with Crippen LogP contribution in [0.3, 0.4) is 0 Å². The van der Waals surface area contributed by atoms with Gasteiger partial charge in [-0.3, -0.25) is 9.78 Å². The molecule has 142 valence electrons. The van der Waals surface area contributed by atoms with Gasteiger partial charge >= 0.3 is 0 Å². The number of pyridine rings is 1. The summed E-state index contributed by atoms with van der Waals surface area (Å²) in [6, 6.07) is 21.3. The molecule has 28 heavy (non-hydrogen) atoms. The van der Waals surface area contributed by atoms with Crippen LogP contribution in [0.25, 0.3) is 0 Å². The first-order chi connectivity index (χ1) is 13.7. The zero-order valence-corrected chi connectivity index (χ0v) is 16.0. The van der Waals surface area contributed by atoms with Crippen LogP contribution >= 0.6 is 0 Å². The van der Waals surface area contributed by atoms with Crippen molar-refractivity contribution in [3.63, 3.8) is 0 Å². The largest absolute Gasteiger partial charge is 0.457 e. The zero-order valence-electron chi connectivity index (χ0n) is 16.0. The van der Waals surface area contributed by atoms with Crippen LogP contribution in [0.15, 0.2) is 72.9 Å². The quantitative estimate of drug-likeness (QED) is 0.632. The molecule has 2 aromatic carbocycles. The minimum Gasteiger partial charge on any atom is -0.457 e. The molecule has 1 fully saturated rings. The Hall–Kier alpha value is -3.14. The van der Waals surface area contributed by atoms with E-state index in [-0.39, 0.29) is 5.91 Å². The molecule has 0 saturated carbocycles. The summed E-state index contributed by atoms with van der Waals surface area (Å²) >= 11 is 0. The van der Waals surface area contributed by atoms with Gasteiger partial charge in [-0.15, -0.1) is 0 Å². The molecule has 0 aliphatic carbocycles. The second kappa shape index (κ2) is 8.26. The molecule has 0 spiro atoms. The van der Waals surface area contributed by atoms with Gasteiger partial charge in [0.15, 0.2) is 0 Å². The average molecular weight is 372 g/mol. The van der Waals surface area contributed by atoms with Crippen LogP contribution in [0, 0.1) is 6.92 Å². The first kappa shape index (κ1) is 18.2. The molecule has 0 atom stereocenters. The van der Waals surface area contributed by atoms with Crippen molar-refractivity contribution in [2.24, 2.45) is 0 Å². The number of benzene rings is 2. The second-order valence-electron chi connectivity index (χ2n) is 7.24. The Kier molecular flexibility index (Phi) is 5.38. The number of carbonyl (C=O) groups excluding carboxylic acids is 1. The van der Waals surface area contributed by atoms with Crippen LogP contribution in [0.1, 0.15) is 40.4 Å². The zero-order chi connectivity index (χ0) is 19.3. The predicted molar refractivity (Wildman–Crippen MR) is 110 cm³/mol. The van der Waals surface area contributed by atoms with Gasteiger partial charge in [0.25, 0.3) is 5.91 Å². The van der Waals surface area contributed by atoms with E-state index in [1.165, 1.54) is 5.56 Å². The number of hydrogen-bond acceptors (Lipinski definition) is 3. The number of para-hydroxylation sites is 1. The third-order valence-electron chi connectivity index (χ3n) is 5.27. The molecule has 1 saturated heterocycles. The Morgan fingerprint density at radius 2 is 1.61 bits per heavy atom. The predicted octanol–water partition coefficient (Wildman–Crippen LogP) is 5.20. The van der Waals surface area contributed by atoms with Crippen LogP contribution in [0.2, 0.25) is 0 Å². The number of aryl methyl sites for hydroxylation is 1. The fourth-order valence-electron chi connectivity index (χ4n) is 3.61. The van der Waals surface area contributed by atoms with Gasteiger partial charge in [0, 0.05) is 30.5 Å². The molecule has 1 aliphatic rings. The first-order valence-electron chi connectivity index (χ1n) is 9.74. The third kappa shape index (κ3) is 4.22. The lowest BCUT2D eigenvalue weighted by molar-refractivity contribution is 0.0713. The summed E-state index contributed by atoms with van der Waals surface area (Å²) < 4.78 is 5.80. The number of rotatable bonds is 4. The Labute approximate surface area is 165 Å². The number of hydrogen-bond donors (Lipinski definition) is 0. The minimum atomic E-state index is 0.0896. The molecular weight excluding hydrogens is 348 g/mol. The summed E-state index contributed by atoms with van der Waals surface area (Å²) in [5.74, 6) is 2.09. The van der Waals surface area contributed by atoms with Crippen LogP contribution in [0.4, 0.5) is 0 Å². The van der Waals surface area contributed by atoms with Crippen molar-refractivity contribution in [1.82, 2.24) is 9.88 Å². The van der Waals surface area contributed by atoms with Gasteiger partial charge < -0.3 is 9.64 Å². The summed E-state index contributed by atoms with van der Waals surface area (Å²) in [6.45, 7) is 3.56. The number of likely N-dealkylation sites (tertiary alicyclic amines) is 1. The van der Waals surface area contributed by atoms with Crippen molar-refractivity contribution in [3.05, 3.63) is 89.7 Å². The monoisotopic (exact) mass is 372 g/mol. The Morgan fingerprint density at radius 1 is 0.929 bits per heavy atom. The molecule has 0 bridgehead atoms. The maximum absolute atomic E-state index is 12.8. The van der Waals surface area contributed by atoms with E-state index >= 15 is 0 Å². The Balaban J connectivity index is 1.35. The summed E-state index contributed by atoms with van der Waals surface area (Å²) in [4.78, 5) is 19.2. The molecule has 0 unspecified atom stereocenters. The van der Waals surface area contributed by atoms with Crippen molar-refractivity contribution < 1.29 is 9.53 Å². The molecule has 4 heteroatoms. The number of ether oxygens (including phenoxy) is 1. The second-order valence-corrected chi connectivity index (χ2v) is 7.24. The van der Waals surface area contributed by atoms with E-state index in [1.54, 1.807) is 0 Å². The van der Waals surface area contributed by atoms with Gasteiger partial charge in [-0.1, -0.05) is 24.3 Å². The highest BCUT2D eigenvalue weighted by Crippen LogP contribution is 2.29. The summed E-state index contributed by atoms with van der Waals surface area (Å²) in [6.07, 6.45) is 3.93. The average Bonchev–Trinajstić information content (AvgIpc) is 2.75. The Morgan fingerprint density at radius 3 is 2.25 bits per heavy atom. The van der Waals surface area contributed by atoms with Crippen molar-refractivity contribution >= 4 is 5.91 Å². The number of aromatic nitrogens is 1. The third-order valence-corrected chi connectivity index (χ3v) is 5.27. The molecule has 2 heterocycles. The summed E-state index contributed by atoms with van der Waals surface area (Å²) in [7, 11) is 0. The van der Waals surface area contributed by atoms with Crippen molar-refractivity contribution in [3.8, 4) is 11.5 Å². The van der Waals surface area contributed by atoms with Crippen molar-refractivity contribution in [2.75, 3.05) is 13.1 Å². The van der Waals surface area contributed by atoms with Gasteiger partial charge in [0.1, 0.15) is 11.5 Å². The molecule has 1 aromatic heterocycles. The van der Waals surface area contributed by atoms with Gasteiger partial charge in [0.05, 0.1) is 0 Å². The minimum absolute atomic E-state index is 0.0896. The molecule has 4 nitrogen and oxygen atoms in total. The molecule has 1 aliphatic heterocycles. The molecular formula is C24H24N2O2. The summed E-state index contributed by atoms with van der Waals surface area (Å²) in [5, 5.41) is 0. The fourth-order valence-corrected chi connectivity index (χ4v) is 3.61. The summed E-state index contributed by atoms with van der Waals surface area (Å²) in [5.41, 5.74) is 3.02. The highest BCUT2D eigenvalue weighted by Gasteiger charge is 2.24. The van der Waals surface area contributed by atoms with Gasteiger partial charge in [0.2, 0.25) is 0 Å². The number of amides is 1. The molecule has 1 amide bonds. The van der Waals surface area contributed by atoms with Crippen LogP contribution in [-0.2, 0) is 0 Å². The van der Waals surface area contributed by atoms with Crippen LogP contribution < -0.4 is 4.74 Å². The number of piperidine rings is 1. The van der Waals surface area contributed by atoms with E-state index < -0.39 is 0 Å². The SMILES string of the molecule is Cc1ccc(C2CCN(C(=O)c3ccc(Oc4ccccc4)cc3)CC2)cn1. The maximum Gasteiger partial charge on any atom is 0.253 e. The van der Waals surface area contributed by atoms with Crippen LogP contribution in [0.5, 0.6) is 11.5 Å². The van der Waals surface area contributed by atoms with Gasteiger partial charge in [-0.2, -0.15) is 0 Å². The fraction of sp³-hybridized carbons (Fsp3) is 0.250. The lowest BCUT2D eigenvalue weighted by Crippen LogP contribution is -2.37. The van der Waals surface area contributed by atoms with E-state index in [9.17, 15) is 4.79 Å². The van der Waals surface area contributed by atoms with E-state index in [1.807, 2.05) is 72.6 Å². The first-order valence-corrected chi connectivity index (χ1v) is 9.74. The topological polar surface area (TPSA) is 42.4 Å². The van der Waals surface area contributed by atoms with Crippen molar-refractivity contribution in [1.29, 1.82) is 0 Å². The highest BCUT2D eigenvalue weighted by molar-refractivity contribution is 5.94. The van der Waals surface area contributed by atoms with Crippen molar-refractivity contribution in [2.45, 2.75) is 25.7 Å². The smallest absolute Gasteiger partial charge is 0.253 e. The van der Waals surface area contributed by atoms with Gasteiger partial charge in [-0.25, -0.2) is 0 Å². The molecule has 0 radical (unpaired) electrons. The van der Waals surface area contributed by atoms with E-state index in [4.69, 9.17) is 4.74 Å². The normalized spacial score (nSPS) is 14.7. The molecule has 4 rings (SSSR count). The van der Waals surface area contributed by atoms with E-state index in [0.29, 0.717) is 11.5 Å². The lowest BCUT2D eigenvalue weighted by atomic mass is 9.90. The van der Waals surface area contributed by atoms with Crippen LogP contribution in [-0.4, -0.2) is 28.9 Å². The molecule has 3 aromatic rings. The number of nitrogens with zero attached hydrogens (tertiary/aromatic N) is 2. The maximum atomic E-state index is 12.8. The Bertz CT molecular complexity index is 913. The lowest BCUT2D eigenvalue weighted by Gasteiger charge is -2.32. The highest BCUT2D eigenvalue weighted by atomic mass is 16.5. The number of carbonyl (C=O) groups is 1. The van der Waals surface area contributed by atoms with Gasteiger partial charge in [-0.05, 0) is 73.7 Å². The van der Waals surface area contributed by atoms with E-state index in [0.717, 1.165) is 43.1 Å². The molecule has 0 N–H and O–H groups in total. The standard InChI is InChI=1S/C24H24N2O2/c1-18-7-8-21(17-25-18)19-13-15-26(16-14-19)24(27)20-9-11-23(12-10-20)28-22-5-3-2-4-6-22/h2-12,17,19H,13-16H2,1H3. The van der Waals surface area contributed by atoms with E-state index in [2.05, 4.69) is 17.1 Å².